The molecular formula is C24H26O3. The maximum Gasteiger partial charge on any atom is 0.310 e. The van der Waals surface area contributed by atoms with Crippen molar-refractivity contribution in [1.82, 2.24) is 0 Å². The van der Waals surface area contributed by atoms with Gasteiger partial charge in [0.05, 0.1) is 6.42 Å². The minimum absolute atomic E-state index is 0.234. The lowest BCUT2D eigenvalue weighted by atomic mass is 10.1. The van der Waals surface area contributed by atoms with Gasteiger partial charge in [0, 0.05) is 0 Å². The van der Waals surface area contributed by atoms with Gasteiger partial charge in [-0.15, -0.1) is 0 Å². The van der Waals surface area contributed by atoms with E-state index in [0.29, 0.717) is 13.2 Å². The van der Waals surface area contributed by atoms with Crippen LogP contribution in [0.2, 0.25) is 0 Å². The van der Waals surface area contributed by atoms with Gasteiger partial charge in [-0.3, -0.25) is 4.79 Å². The zero-order valence-corrected chi connectivity index (χ0v) is 15.9. The number of rotatable bonds is 7. The highest BCUT2D eigenvalue weighted by atomic mass is 16.5. The molecule has 0 atom stereocenters. The van der Waals surface area contributed by atoms with E-state index in [1.54, 1.807) is 0 Å². The topological polar surface area (TPSA) is 35.5 Å². The average molecular weight is 362 g/mol. The summed E-state index contributed by atoms with van der Waals surface area (Å²) in [6, 6.07) is 27.2. The number of ether oxygens (including phenoxy) is 2. The van der Waals surface area contributed by atoms with Crippen LogP contribution in [0.3, 0.4) is 0 Å². The van der Waals surface area contributed by atoms with Gasteiger partial charge < -0.3 is 9.47 Å². The first-order valence-electron chi connectivity index (χ1n) is 9.25. The summed E-state index contributed by atoms with van der Waals surface area (Å²) in [5.41, 5.74) is 3.02. The molecule has 0 bridgehead atoms. The van der Waals surface area contributed by atoms with Crippen LogP contribution in [0, 0.1) is 0 Å². The third-order valence-electron chi connectivity index (χ3n) is 3.76. The highest BCUT2D eigenvalue weighted by Gasteiger charge is 2.06. The fraction of sp³-hybridized carbons (Fsp3) is 0.208. The standard InChI is InChI=1S/C22H20O3.C2H6/c23-22(25-17-20-9-5-2-6-10-20)15-18-11-13-21(14-12-18)24-16-19-7-3-1-4-8-19;1-2/h1-14H,15-17H2;1-2H3. The van der Waals surface area contributed by atoms with Crippen LogP contribution in [0.1, 0.15) is 30.5 Å². The molecule has 3 aromatic rings. The van der Waals surface area contributed by atoms with Gasteiger partial charge in [0.1, 0.15) is 19.0 Å². The molecule has 27 heavy (non-hydrogen) atoms. The molecule has 0 saturated carbocycles. The lowest BCUT2D eigenvalue weighted by molar-refractivity contribution is -0.144. The molecule has 3 aromatic carbocycles. The average Bonchev–Trinajstić information content (AvgIpc) is 2.75. The fourth-order valence-electron chi connectivity index (χ4n) is 2.40. The summed E-state index contributed by atoms with van der Waals surface area (Å²) in [6.45, 7) is 4.83. The number of hydrogen-bond acceptors (Lipinski definition) is 3. The van der Waals surface area contributed by atoms with E-state index in [0.717, 1.165) is 22.4 Å². The third kappa shape index (κ3) is 7.37. The van der Waals surface area contributed by atoms with E-state index in [-0.39, 0.29) is 12.4 Å². The van der Waals surface area contributed by atoms with E-state index in [9.17, 15) is 4.79 Å². The Kier molecular flexibility index (Phi) is 8.64. The molecular weight excluding hydrogens is 336 g/mol. The minimum atomic E-state index is -0.234. The molecule has 0 N–H and O–H groups in total. The number of hydrogen-bond donors (Lipinski definition) is 0. The summed E-state index contributed by atoms with van der Waals surface area (Å²) < 4.78 is 11.0. The van der Waals surface area contributed by atoms with Crippen molar-refractivity contribution in [2.24, 2.45) is 0 Å². The normalized spacial score (nSPS) is 9.70. The minimum Gasteiger partial charge on any atom is -0.489 e. The van der Waals surface area contributed by atoms with Crippen LogP contribution in [0.15, 0.2) is 84.9 Å². The molecule has 3 rings (SSSR count). The van der Waals surface area contributed by atoms with Crippen molar-refractivity contribution in [3.8, 4) is 5.75 Å². The monoisotopic (exact) mass is 362 g/mol. The van der Waals surface area contributed by atoms with Gasteiger partial charge in [-0.05, 0) is 28.8 Å². The molecule has 0 amide bonds. The van der Waals surface area contributed by atoms with Gasteiger partial charge in [0.15, 0.2) is 0 Å². The highest BCUT2D eigenvalue weighted by Crippen LogP contribution is 2.15. The zero-order valence-electron chi connectivity index (χ0n) is 15.9. The van der Waals surface area contributed by atoms with Crippen LogP contribution in [0.4, 0.5) is 0 Å². The van der Waals surface area contributed by atoms with Crippen LogP contribution in [0.5, 0.6) is 5.75 Å². The maximum absolute atomic E-state index is 11.9. The summed E-state index contributed by atoms with van der Waals surface area (Å²) in [7, 11) is 0. The molecule has 0 aliphatic rings. The lowest BCUT2D eigenvalue weighted by Gasteiger charge is -2.08. The summed E-state index contributed by atoms with van der Waals surface area (Å²) in [5, 5.41) is 0. The fourth-order valence-corrected chi connectivity index (χ4v) is 2.40. The molecule has 0 unspecified atom stereocenters. The number of carbonyl (C=O) groups excluding carboxylic acids is 1. The summed E-state index contributed by atoms with van der Waals surface area (Å²) in [4.78, 5) is 11.9. The second kappa shape index (κ2) is 11.5. The number of esters is 1. The highest BCUT2D eigenvalue weighted by molar-refractivity contribution is 5.72. The van der Waals surface area contributed by atoms with Gasteiger partial charge in [-0.25, -0.2) is 0 Å². The van der Waals surface area contributed by atoms with Crippen molar-refractivity contribution in [3.05, 3.63) is 102 Å². The molecule has 0 aromatic heterocycles. The Balaban J connectivity index is 0.00000126. The van der Waals surface area contributed by atoms with E-state index in [1.807, 2.05) is 98.8 Å². The number of carbonyl (C=O) groups is 1. The molecule has 0 spiro atoms. The lowest BCUT2D eigenvalue weighted by Crippen LogP contribution is -2.08. The molecule has 0 radical (unpaired) electrons. The molecule has 0 fully saturated rings. The predicted molar refractivity (Wildman–Crippen MR) is 109 cm³/mol. The SMILES string of the molecule is CC.O=C(Cc1ccc(OCc2ccccc2)cc1)OCc1ccccc1. The largest absolute Gasteiger partial charge is 0.489 e. The van der Waals surface area contributed by atoms with Crippen LogP contribution in [0.25, 0.3) is 0 Å². The predicted octanol–water partition coefficient (Wildman–Crippen LogP) is 5.58. The quantitative estimate of drug-likeness (QED) is 0.515. The van der Waals surface area contributed by atoms with Gasteiger partial charge in [0.2, 0.25) is 0 Å². The van der Waals surface area contributed by atoms with Crippen molar-refractivity contribution in [3.63, 3.8) is 0 Å². The maximum atomic E-state index is 11.9. The van der Waals surface area contributed by atoms with Crippen molar-refractivity contribution in [1.29, 1.82) is 0 Å². The van der Waals surface area contributed by atoms with E-state index in [1.165, 1.54) is 0 Å². The van der Waals surface area contributed by atoms with Crippen LogP contribution < -0.4 is 4.74 Å². The Morgan fingerprint density at radius 1 is 0.667 bits per heavy atom. The van der Waals surface area contributed by atoms with Crippen LogP contribution >= 0.6 is 0 Å². The first kappa shape index (κ1) is 20.2. The van der Waals surface area contributed by atoms with Crippen LogP contribution in [-0.4, -0.2) is 5.97 Å². The van der Waals surface area contributed by atoms with Gasteiger partial charge >= 0.3 is 5.97 Å². The van der Waals surface area contributed by atoms with Crippen molar-refractivity contribution in [2.75, 3.05) is 0 Å². The Morgan fingerprint density at radius 2 is 1.19 bits per heavy atom. The molecule has 3 heteroatoms. The van der Waals surface area contributed by atoms with Crippen molar-refractivity contribution >= 4 is 5.97 Å². The first-order valence-corrected chi connectivity index (χ1v) is 9.25. The Labute approximate surface area is 161 Å². The van der Waals surface area contributed by atoms with Gasteiger partial charge in [0.25, 0.3) is 0 Å². The molecule has 0 aliphatic heterocycles. The second-order valence-corrected chi connectivity index (χ2v) is 5.74. The van der Waals surface area contributed by atoms with Gasteiger partial charge in [-0.1, -0.05) is 86.6 Å². The third-order valence-corrected chi connectivity index (χ3v) is 3.76. The van der Waals surface area contributed by atoms with E-state index in [4.69, 9.17) is 9.47 Å². The van der Waals surface area contributed by atoms with Crippen molar-refractivity contribution < 1.29 is 14.3 Å². The first-order chi connectivity index (χ1) is 13.3. The number of benzene rings is 3. The van der Waals surface area contributed by atoms with Crippen LogP contribution in [-0.2, 0) is 29.2 Å². The van der Waals surface area contributed by atoms with E-state index < -0.39 is 0 Å². The summed E-state index contributed by atoms with van der Waals surface area (Å²) in [5.74, 6) is 0.548. The molecule has 0 heterocycles. The molecule has 0 aliphatic carbocycles. The molecule has 3 nitrogen and oxygen atoms in total. The Bertz CT molecular complexity index is 781. The Hall–Kier alpha value is -3.07. The smallest absolute Gasteiger partial charge is 0.310 e. The Morgan fingerprint density at radius 3 is 1.74 bits per heavy atom. The zero-order chi connectivity index (χ0) is 19.3. The van der Waals surface area contributed by atoms with E-state index >= 15 is 0 Å². The summed E-state index contributed by atoms with van der Waals surface area (Å²) in [6.07, 6.45) is 0.256. The molecule has 140 valence electrons. The van der Waals surface area contributed by atoms with Gasteiger partial charge in [-0.2, -0.15) is 0 Å². The van der Waals surface area contributed by atoms with Crippen molar-refractivity contribution in [2.45, 2.75) is 33.5 Å². The molecule has 0 saturated heterocycles. The second-order valence-electron chi connectivity index (χ2n) is 5.74. The van der Waals surface area contributed by atoms with E-state index in [2.05, 4.69) is 0 Å². The summed E-state index contributed by atoms with van der Waals surface area (Å²) >= 11 is 0.